The van der Waals surface area contributed by atoms with E-state index in [1.54, 1.807) is 0 Å². The van der Waals surface area contributed by atoms with Crippen molar-refractivity contribution in [2.45, 2.75) is 63.0 Å². The first kappa shape index (κ1) is 17.0. The molecule has 2 aromatic rings. The summed E-state index contributed by atoms with van der Waals surface area (Å²) in [4.78, 5) is 12.4. The number of nitrogens with one attached hydrogen (secondary N) is 1. The number of rotatable bonds is 7. The SMILES string of the molecule is CCn1c(S[C@@H](C)C(=O)NCc2ccc(C)cc2)nnc1C1CC1. The van der Waals surface area contributed by atoms with Crippen LogP contribution in [0.4, 0.5) is 0 Å². The lowest BCUT2D eigenvalue weighted by Crippen LogP contribution is -2.30. The van der Waals surface area contributed by atoms with Crippen molar-refractivity contribution in [3.05, 3.63) is 41.2 Å². The van der Waals surface area contributed by atoms with Gasteiger partial charge in [0.2, 0.25) is 5.91 Å². The maximum absolute atomic E-state index is 12.4. The highest BCUT2D eigenvalue weighted by Crippen LogP contribution is 2.40. The summed E-state index contributed by atoms with van der Waals surface area (Å²) >= 11 is 1.48. The van der Waals surface area contributed by atoms with E-state index in [2.05, 4.69) is 46.1 Å². The number of amides is 1. The summed E-state index contributed by atoms with van der Waals surface area (Å²) in [6.45, 7) is 7.47. The lowest BCUT2D eigenvalue weighted by Gasteiger charge is -2.13. The van der Waals surface area contributed by atoms with Gasteiger partial charge in [0.1, 0.15) is 5.82 Å². The van der Waals surface area contributed by atoms with Gasteiger partial charge in [0.05, 0.1) is 5.25 Å². The lowest BCUT2D eigenvalue weighted by molar-refractivity contribution is -0.120. The first-order valence-corrected chi connectivity index (χ1v) is 9.39. The average molecular weight is 344 g/mol. The fourth-order valence-electron chi connectivity index (χ4n) is 2.58. The number of carbonyl (C=O) groups is 1. The minimum Gasteiger partial charge on any atom is -0.351 e. The Kier molecular flexibility index (Phi) is 5.23. The molecule has 0 radical (unpaired) electrons. The van der Waals surface area contributed by atoms with Crippen LogP contribution in [-0.4, -0.2) is 25.9 Å². The number of hydrogen-bond acceptors (Lipinski definition) is 4. The van der Waals surface area contributed by atoms with E-state index in [0.717, 1.165) is 23.1 Å². The molecule has 3 rings (SSSR count). The number of aryl methyl sites for hydroxylation is 1. The van der Waals surface area contributed by atoms with Crippen LogP contribution in [0.2, 0.25) is 0 Å². The van der Waals surface area contributed by atoms with Gasteiger partial charge < -0.3 is 9.88 Å². The predicted molar refractivity (Wildman–Crippen MR) is 96.0 cm³/mol. The van der Waals surface area contributed by atoms with Gasteiger partial charge in [-0.05, 0) is 39.2 Å². The van der Waals surface area contributed by atoms with E-state index in [0.29, 0.717) is 12.5 Å². The van der Waals surface area contributed by atoms with Gasteiger partial charge in [-0.2, -0.15) is 0 Å². The maximum Gasteiger partial charge on any atom is 0.233 e. The highest BCUT2D eigenvalue weighted by atomic mass is 32.2. The summed E-state index contributed by atoms with van der Waals surface area (Å²) in [5, 5.41) is 12.3. The van der Waals surface area contributed by atoms with Crippen LogP contribution in [0, 0.1) is 6.92 Å². The van der Waals surface area contributed by atoms with Crippen LogP contribution in [0.25, 0.3) is 0 Å². The van der Waals surface area contributed by atoms with Crippen molar-refractivity contribution in [2.24, 2.45) is 0 Å². The van der Waals surface area contributed by atoms with Gasteiger partial charge in [-0.1, -0.05) is 41.6 Å². The Balaban J connectivity index is 1.57. The van der Waals surface area contributed by atoms with Gasteiger partial charge in [-0.3, -0.25) is 4.79 Å². The first-order valence-electron chi connectivity index (χ1n) is 8.51. The molecule has 1 heterocycles. The van der Waals surface area contributed by atoms with Crippen LogP contribution in [-0.2, 0) is 17.9 Å². The van der Waals surface area contributed by atoms with Gasteiger partial charge in [0, 0.05) is 19.0 Å². The molecule has 128 valence electrons. The Labute approximate surface area is 147 Å². The number of nitrogens with zero attached hydrogens (tertiary/aromatic N) is 3. The summed E-state index contributed by atoms with van der Waals surface area (Å²) in [5.41, 5.74) is 2.33. The number of hydrogen-bond donors (Lipinski definition) is 1. The molecule has 1 atom stereocenters. The van der Waals surface area contributed by atoms with Gasteiger partial charge in [-0.15, -0.1) is 10.2 Å². The van der Waals surface area contributed by atoms with Crippen LogP contribution in [0.15, 0.2) is 29.4 Å². The van der Waals surface area contributed by atoms with Crippen LogP contribution >= 0.6 is 11.8 Å². The number of benzene rings is 1. The molecule has 1 aromatic heterocycles. The van der Waals surface area contributed by atoms with Crippen molar-refractivity contribution in [2.75, 3.05) is 0 Å². The van der Waals surface area contributed by atoms with Crippen LogP contribution in [0.5, 0.6) is 0 Å². The molecule has 0 aliphatic heterocycles. The highest BCUT2D eigenvalue weighted by Gasteiger charge is 2.30. The van der Waals surface area contributed by atoms with Crippen molar-refractivity contribution in [1.29, 1.82) is 0 Å². The second kappa shape index (κ2) is 7.38. The minimum atomic E-state index is -0.197. The fraction of sp³-hybridized carbons (Fsp3) is 0.500. The summed E-state index contributed by atoms with van der Waals surface area (Å²) in [7, 11) is 0. The Hall–Kier alpha value is -1.82. The van der Waals surface area contributed by atoms with E-state index >= 15 is 0 Å². The summed E-state index contributed by atoms with van der Waals surface area (Å²) in [6.07, 6.45) is 2.41. The van der Waals surface area contributed by atoms with E-state index in [4.69, 9.17) is 0 Å². The van der Waals surface area contributed by atoms with E-state index in [-0.39, 0.29) is 11.2 Å². The molecule has 0 spiro atoms. The minimum absolute atomic E-state index is 0.0270. The van der Waals surface area contributed by atoms with E-state index in [1.165, 1.54) is 30.2 Å². The zero-order valence-electron chi connectivity index (χ0n) is 14.5. The molecule has 1 fully saturated rings. The summed E-state index contributed by atoms with van der Waals surface area (Å²) in [6, 6.07) is 8.21. The van der Waals surface area contributed by atoms with E-state index < -0.39 is 0 Å². The van der Waals surface area contributed by atoms with Crippen molar-refractivity contribution in [3.63, 3.8) is 0 Å². The normalized spacial score (nSPS) is 15.3. The molecule has 5 nitrogen and oxygen atoms in total. The quantitative estimate of drug-likeness (QED) is 0.783. The molecular weight excluding hydrogens is 320 g/mol. The zero-order chi connectivity index (χ0) is 17.1. The monoisotopic (exact) mass is 344 g/mol. The first-order chi connectivity index (χ1) is 11.6. The topological polar surface area (TPSA) is 59.8 Å². The van der Waals surface area contributed by atoms with Crippen LogP contribution in [0.1, 0.15) is 49.6 Å². The Morgan fingerprint density at radius 2 is 2.04 bits per heavy atom. The van der Waals surface area contributed by atoms with Gasteiger partial charge in [0.25, 0.3) is 0 Å². The largest absolute Gasteiger partial charge is 0.351 e. The lowest BCUT2D eigenvalue weighted by atomic mass is 10.1. The van der Waals surface area contributed by atoms with Crippen molar-refractivity contribution in [3.8, 4) is 0 Å². The predicted octanol–water partition coefficient (Wildman–Crippen LogP) is 3.28. The Bertz CT molecular complexity index is 706. The second-order valence-electron chi connectivity index (χ2n) is 6.32. The number of thioether (sulfide) groups is 1. The molecule has 6 heteroatoms. The standard InChI is InChI=1S/C18H24N4OS/c1-4-22-16(15-9-10-15)20-21-18(22)24-13(3)17(23)19-11-14-7-5-12(2)6-8-14/h5-8,13,15H,4,9-11H2,1-3H3,(H,19,23)/t13-/m0/s1. The molecule has 1 aromatic carbocycles. The van der Waals surface area contributed by atoms with Gasteiger partial charge in [0.15, 0.2) is 5.16 Å². The van der Waals surface area contributed by atoms with Gasteiger partial charge in [-0.25, -0.2) is 0 Å². The van der Waals surface area contributed by atoms with E-state index in [1.807, 2.05) is 19.1 Å². The summed E-state index contributed by atoms with van der Waals surface area (Å²) in [5.74, 6) is 1.67. The van der Waals surface area contributed by atoms with Crippen LogP contribution in [0.3, 0.4) is 0 Å². The third kappa shape index (κ3) is 3.98. The Morgan fingerprint density at radius 1 is 1.33 bits per heavy atom. The molecular formula is C18H24N4OS. The molecule has 0 saturated heterocycles. The molecule has 1 aliphatic carbocycles. The third-order valence-electron chi connectivity index (χ3n) is 4.24. The van der Waals surface area contributed by atoms with Crippen molar-refractivity contribution < 1.29 is 4.79 Å². The van der Waals surface area contributed by atoms with E-state index in [9.17, 15) is 4.79 Å². The highest BCUT2D eigenvalue weighted by molar-refractivity contribution is 8.00. The van der Waals surface area contributed by atoms with Crippen molar-refractivity contribution in [1.82, 2.24) is 20.1 Å². The third-order valence-corrected chi connectivity index (χ3v) is 5.32. The van der Waals surface area contributed by atoms with Gasteiger partial charge >= 0.3 is 0 Å². The second-order valence-corrected chi connectivity index (χ2v) is 7.63. The molecule has 1 N–H and O–H groups in total. The molecule has 1 saturated carbocycles. The molecule has 0 bridgehead atoms. The fourth-order valence-corrected chi connectivity index (χ4v) is 3.52. The number of aromatic nitrogens is 3. The molecule has 0 unspecified atom stereocenters. The smallest absolute Gasteiger partial charge is 0.233 e. The Morgan fingerprint density at radius 3 is 2.67 bits per heavy atom. The molecule has 1 amide bonds. The van der Waals surface area contributed by atoms with Crippen LogP contribution < -0.4 is 5.32 Å². The number of carbonyl (C=O) groups excluding carboxylic acids is 1. The average Bonchev–Trinajstić information content (AvgIpc) is 3.35. The maximum atomic E-state index is 12.4. The molecule has 24 heavy (non-hydrogen) atoms. The summed E-state index contributed by atoms with van der Waals surface area (Å²) < 4.78 is 2.14. The molecule has 1 aliphatic rings. The van der Waals surface area contributed by atoms with Crippen molar-refractivity contribution >= 4 is 17.7 Å². The zero-order valence-corrected chi connectivity index (χ0v) is 15.3.